The monoisotopic (exact) mass is 271 g/mol. The molecule has 1 aromatic rings. The molecule has 1 aliphatic heterocycles. The third-order valence-electron chi connectivity index (χ3n) is 2.74. The minimum absolute atomic E-state index is 0.198. The Labute approximate surface area is 104 Å². The summed E-state index contributed by atoms with van der Waals surface area (Å²) in [5, 5.41) is 11.6. The highest BCUT2D eigenvalue weighted by molar-refractivity contribution is 7.90. The third-order valence-corrected chi connectivity index (χ3v) is 3.86. The minimum Gasteiger partial charge on any atom is -0.439 e. The van der Waals surface area contributed by atoms with Gasteiger partial charge in [0.1, 0.15) is 0 Å². The number of amides is 1. The Morgan fingerprint density at radius 1 is 1.33 bits per heavy atom. The lowest BCUT2D eigenvalue weighted by atomic mass is 10.0. The maximum Gasteiger partial charge on any atom is 0.408 e. The molecule has 0 aromatic heterocycles. The van der Waals surface area contributed by atoms with Crippen LogP contribution in [0.1, 0.15) is 11.7 Å². The van der Waals surface area contributed by atoms with Crippen LogP contribution in [0.2, 0.25) is 0 Å². The predicted octanol–water partition coefficient (Wildman–Crippen LogP) is 0.232. The van der Waals surface area contributed by atoms with E-state index in [9.17, 15) is 13.2 Å². The smallest absolute Gasteiger partial charge is 0.408 e. The second-order valence-electron chi connectivity index (χ2n) is 4.10. The highest BCUT2D eigenvalue weighted by Gasteiger charge is 2.34. The fourth-order valence-corrected chi connectivity index (χ4v) is 2.44. The molecule has 6 nitrogen and oxygen atoms in total. The van der Waals surface area contributed by atoms with Crippen LogP contribution < -0.4 is 5.32 Å². The van der Waals surface area contributed by atoms with Gasteiger partial charge in [-0.1, -0.05) is 12.1 Å². The second-order valence-corrected chi connectivity index (χ2v) is 6.12. The average molecular weight is 271 g/mol. The summed E-state index contributed by atoms with van der Waals surface area (Å²) < 4.78 is 27.6. The van der Waals surface area contributed by atoms with Crippen LogP contribution in [0.15, 0.2) is 29.2 Å². The van der Waals surface area contributed by atoms with Crippen molar-refractivity contribution in [1.29, 1.82) is 0 Å². The van der Waals surface area contributed by atoms with Crippen molar-refractivity contribution in [2.24, 2.45) is 0 Å². The van der Waals surface area contributed by atoms with Gasteiger partial charge in [-0.3, -0.25) is 0 Å². The maximum absolute atomic E-state index is 11.3. The number of alkyl carbamates (subject to hydrolysis) is 1. The first-order valence-electron chi connectivity index (χ1n) is 5.30. The molecule has 2 atom stereocenters. The molecule has 1 saturated heterocycles. The summed E-state index contributed by atoms with van der Waals surface area (Å²) in [6.07, 6.45) is -0.0716. The lowest BCUT2D eigenvalue weighted by molar-refractivity contribution is 0.119. The summed E-state index contributed by atoms with van der Waals surface area (Å²) in [5.74, 6) is 0. The zero-order valence-corrected chi connectivity index (χ0v) is 10.5. The van der Waals surface area contributed by atoms with E-state index < -0.39 is 28.1 Å². The molecule has 18 heavy (non-hydrogen) atoms. The van der Waals surface area contributed by atoms with Crippen molar-refractivity contribution in [1.82, 2.24) is 5.32 Å². The molecule has 1 heterocycles. The van der Waals surface area contributed by atoms with E-state index in [1.165, 1.54) is 12.1 Å². The molecule has 98 valence electrons. The first-order valence-corrected chi connectivity index (χ1v) is 7.19. The van der Waals surface area contributed by atoms with Crippen molar-refractivity contribution < 1.29 is 23.1 Å². The van der Waals surface area contributed by atoms with E-state index in [1.54, 1.807) is 12.1 Å². The van der Waals surface area contributed by atoms with Crippen molar-refractivity contribution >= 4 is 15.9 Å². The zero-order chi connectivity index (χ0) is 13.3. The molecule has 2 rings (SSSR count). The van der Waals surface area contributed by atoms with Gasteiger partial charge in [0.2, 0.25) is 0 Å². The van der Waals surface area contributed by atoms with E-state index in [0.29, 0.717) is 5.56 Å². The van der Waals surface area contributed by atoms with Gasteiger partial charge in [-0.05, 0) is 17.7 Å². The normalized spacial score (nSPS) is 23.6. The van der Waals surface area contributed by atoms with Gasteiger partial charge >= 0.3 is 6.09 Å². The molecule has 0 unspecified atom stereocenters. The number of sulfone groups is 1. The van der Waals surface area contributed by atoms with E-state index in [-0.39, 0.29) is 11.5 Å². The molecule has 1 amide bonds. The van der Waals surface area contributed by atoms with Crippen LogP contribution in [0.4, 0.5) is 4.79 Å². The number of hydrogen-bond acceptors (Lipinski definition) is 5. The number of rotatable bonds is 3. The molecule has 0 aliphatic carbocycles. The van der Waals surface area contributed by atoms with Crippen LogP contribution in [0.5, 0.6) is 0 Å². The Hall–Kier alpha value is -1.60. The molecule has 1 aromatic carbocycles. The maximum atomic E-state index is 11.3. The largest absolute Gasteiger partial charge is 0.439 e. The number of benzene rings is 1. The van der Waals surface area contributed by atoms with E-state index in [1.807, 2.05) is 0 Å². The molecule has 0 bridgehead atoms. The Bertz CT molecular complexity index is 551. The molecular formula is C11H13NO5S. The van der Waals surface area contributed by atoms with Crippen molar-refractivity contribution in [3.8, 4) is 0 Å². The van der Waals surface area contributed by atoms with Gasteiger partial charge in [0.15, 0.2) is 15.9 Å². The molecule has 1 aliphatic rings. The number of aliphatic hydroxyl groups is 1. The Balaban J connectivity index is 2.27. The molecule has 7 heteroatoms. The lowest BCUT2D eigenvalue weighted by Gasteiger charge is -2.15. The number of nitrogens with one attached hydrogen (secondary N) is 1. The van der Waals surface area contributed by atoms with Gasteiger partial charge in [0.25, 0.3) is 0 Å². The average Bonchev–Trinajstić information content (AvgIpc) is 2.69. The van der Waals surface area contributed by atoms with Gasteiger partial charge in [0, 0.05) is 6.26 Å². The number of carbonyl (C=O) groups excluding carboxylic acids is 1. The topological polar surface area (TPSA) is 92.7 Å². The molecule has 0 saturated carbocycles. The number of ether oxygens (including phenoxy) is 1. The van der Waals surface area contributed by atoms with E-state index in [2.05, 4.69) is 5.32 Å². The Morgan fingerprint density at radius 3 is 2.44 bits per heavy atom. The number of cyclic esters (lactones) is 1. The number of hydrogen-bond donors (Lipinski definition) is 2. The van der Waals surface area contributed by atoms with Crippen LogP contribution in [0.3, 0.4) is 0 Å². The summed E-state index contributed by atoms with van der Waals surface area (Å²) in [6, 6.07) is 5.53. The van der Waals surface area contributed by atoms with Gasteiger partial charge in [-0.15, -0.1) is 0 Å². The Kier molecular flexibility index (Phi) is 3.27. The van der Waals surface area contributed by atoms with Crippen molar-refractivity contribution in [2.45, 2.75) is 17.0 Å². The number of aliphatic hydroxyl groups excluding tert-OH is 1. The van der Waals surface area contributed by atoms with Crippen molar-refractivity contribution in [2.75, 3.05) is 12.9 Å². The van der Waals surface area contributed by atoms with Crippen LogP contribution in [0, 0.1) is 0 Å². The van der Waals surface area contributed by atoms with Crippen molar-refractivity contribution in [3.63, 3.8) is 0 Å². The second kappa shape index (κ2) is 4.58. The predicted molar refractivity (Wildman–Crippen MR) is 62.8 cm³/mol. The van der Waals surface area contributed by atoms with Gasteiger partial charge < -0.3 is 15.2 Å². The van der Waals surface area contributed by atoms with E-state index in [0.717, 1.165) is 6.26 Å². The van der Waals surface area contributed by atoms with E-state index >= 15 is 0 Å². The van der Waals surface area contributed by atoms with Crippen molar-refractivity contribution in [3.05, 3.63) is 29.8 Å². The standard InChI is InChI=1S/C11H13NO5S/c1-18(15,16)8-4-2-7(3-5-8)10-9(6-13)12-11(14)17-10/h2-5,9-10,13H,6H2,1H3,(H,12,14)/t9-,10-/m1/s1. The third kappa shape index (κ3) is 2.46. The summed E-state index contributed by atoms with van der Waals surface area (Å²) >= 11 is 0. The van der Waals surface area contributed by atoms with Crippen LogP contribution in [-0.4, -0.2) is 38.5 Å². The molecule has 0 spiro atoms. The van der Waals surface area contributed by atoms with Crippen LogP contribution in [0.25, 0.3) is 0 Å². The lowest BCUT2D eigenvalue weighted by Crippen LogP contribution is -2.31. The molecule has 1 fully saturated rings. The van der Waals surface area contributed by atoms with Crippen LogP contribution >= 0.6 is 0 Å². The molecular weight excluding hydrogens is 258 g/mol. The van der Waals surface area contributed by atoms with Gasteiger partial charge in [-0.25, -0.2) is 13.2 Å². The number of carbonyl (C=O) groups is 1. The highest BCUT2D eigenvalue weighted by Crippen LogP contribution is 2.26. The minimum atomic E-state index is -3.25. The summed E-state index contributed by atoms with van der Waals surface area (Å²) in [7, 11) is -3.25. The summed E-state index contributed by atoms with van der Waals surface area (Å²) in [6.45, 7) is -0.246. The fraction of sp³-hybridized carbons (Fsp3) is 0.364. The molecule has 2 N–H and O–H groups in total. The quantitative estimate of drug-likeness (QED) is 0.821. The molecule has 0 radical (unpaired) electrons. The first-order chi connectivity index (χ1) is 8.41. The summed E-state index contributed by atoms with van der Waals surface area (Å²) in [4.78, 5) is 11.3. The Morgan fingerprint density at radius 2 is 1.94 bits per heavy atom. The highest BCUT2D eigenvalue weighted by atomic mass is 32.2. The first kappa shape index (κ1) is 12.8. The SMILES string of the molecule is CS(=O)(=O)c1ccc([C@H]2OC(=O)N[C@@H]2CO)cc1. The fourth-order valence-electron chi connectivity index (χ4n) is 1.80. The summed E-state index contributed by atoms with van der Waals surface area (Å²) in [5.41, 5.74) is 0.639. The van der Waals surface area contributed by atoms with Gasteiger partial charge in [-0.2, -0.15) is 0 Å². The van der Waals surface area contributed by atoms with Crippen LogP contribution in [-0.2, 0) is 14.6 Å². The van der Waals surface area contributed by atoms with E-state index in [4.69, 9.17) is 9.84 Å². The zero-order valence-electron chi connectivity index (χ0n) is 9.66. The van der Waals surface area contributed by atoms with Gasteiger partial charge in [0.05, 0.1) is 17.5 Å².